The quantitative estimate of drug-likeness (QED) is 0.866. The molecule has 0 aliphatic carbocycles. The van der Waals surface area contributed by atoms with Crippen LogP contribution in [-0.2, 0) is 6.54 Å². The van der Waals surface area contributed by atoms with E-state index >= 15 is 0 Å². The highest BCUT2D eigenvalue weighted by atomic mass is 16.6. The lowest BCUT2D eigenvalue weighted by Crippen LogP contribution is -2.61. The fourth-order valence-corrected chi connectivity index (χ4v) is 4.20. The van der Waals surface area contributed by atoms with Crippen molar-refractivity contribution in [1.29, 1.82) is 0 Å². The number of carbonyl (C=O) groups is 1. The van der Waals surface area contributed by atoms with Gasteiger partial charge in [0.15, 0.2) is 0 Å². The Bertz CT molecular complexity index is 807. The largest absolute Gasteiger partial charge is 0.389 e. The van der Waals surface area contributed by atoms with Gasteiger partial charge in [-0.3, -0.25) is 4.90 Å². The Labute approximate surface area is 152 Å². The van der Waals surface area contributed by atoms with Gasteiger partial charge in [0.25, 0.3) is 0 Å². The van der Waals surface area contributed by atoms with Crippen LogP contribution in [0.2, 0.25) is 0 Å². The van der Waals surface area contributed by atoms with Crippen LogP contribution in [0, 0.1) is 5.92 Å². The third-order valence-electron chi connectivity index (χ3n) is 5.77. The molecule has 2 aromatic rings. The second-order valence-electron chi connectivity index (χ2n) is 7.71. The molecule has 140 valence electrons. The molecule has 8 heteroatoms. The van der Waals surface area contributed by atoms with Crippen molar-refractivity contribution in [3.63, 3.8) is 0 Å². The number of hydrogen-bond acceptors (Lipinski definition) is 6. The van der Waals surface area contributed by atoms with Crippen LogP contribution in [-0.4, -0.2) is 82.0 Å². The SMILES string of the molecule is CN(C)C(=O)N1CC[C@@]2(O)CCN(Cc3cccc4nonc34)C[C@H]2C1. The van der Waals surface area contributed by atoms with Gasteiger partial charge in [0.05, 0.1) is 5.60 Å². The summed E-state index contributed by atoms with van der Waals surface area (Å²) in [6.07, 6.45) is 1.38. The van der Waals surface area contributed by atoms with Gasteiger partial charge in [-0.05, 0) is 34.8 Å². The maximum absolute atomic E-state index is 12.3. The maximum atomic E-state index is 12.3. The number of fused-ring (bicyclic) bond motifs is 2. The minimum absolute atomic E-state index is 0.0163. The summed E-state index contributed by atoms with van der Waals surface area (Å²) in [4.78, 5) is 18.1. The molecule has 0 unspecified atom stereocenters. The van der Waals surface area contributed by atoms with Gasteiger partial charge in [-0.25, -0.2) is 9.42 Å². The van der Waals surface area contributed by atoms with Crippen molar-refractivity contribution in [2.75, 3.05) is 40.3 Å². The minimum atomic E-state index is -0.666. The number of urea groups is 1. The molecule has 2 saturated heterocycles. The van der Waals surface area contributed by atoms with E-state index in [-0.39, 0.29) is 11.9 Å². The van der Waals surface area contributed by atoms with E-state index in [1.54, 1.807) is 19.0 Å². The Morgan fingerprint density at radius 1 is 1.31 bits per heavy atom. The summed E-state index contributed by atoms with van der Waals surface area (Å²) in [7, 11) is 3.53. The highest BCUT2D eigenvalue weighted by Gasteiger charge is 2.46. The molecule has 2 aliphatic rings. The predicted molar refractivity (Wildman–Crippen MR) is 95.4 cm³/mol. The third-order valence-corrected chi connectivity index (χ3v) is 5.77. The molecule has 1 aromatic carbocycles. The van der Waals surface area contributed by atoms with Crippen molar-refractivity contribution in [1.82, 2.24) is 25.0 Å². The van der Waals surface area contributed by atoms with E-state index in [9.17, 15) is 9.90 Å². The lowest BCUT2D eigenvalue weighted by molar-refractivity contribution is -0.108. The second kappa shape index (κ2) is 6.51. The molecule has 2 atom stereocenters. The molecule has 8 nitrogen and oxygen atoms in total. The van der Waals surface area contributed by atoms with Gasteiger partial charge in [0, 0.05) is 52.7 Å². The normalized spacial score (nSPS) is 26.7. The van der Waals surface area contributed by atoms with Crippen LogP contribution in [0.5, 0.6) is 0 Å². The lowest BCUT2D eigenvalue weighted by atomic mass is 9.75. The van der Waals surface area contributed by atoms with Crippen LogP contribution in [0.1, 0.15) is 18.4 Å². The van der Waals surface area contributed by atoms with Gasteiger partial charge < -0.3 is 14.9 Å². The molecule has 2 fully saturated rings. The van der Waals surface area contributed by atoms with Crippen LogP contribution in [0.15, 0.2) is 22.8 Å². The molecule has 2 amide bonds. The first-order chi connectivity index (χ1) is 12.5. The van der Waals surface area contributed by atoms with Gasteiger partial charge in [-0.1, -0.05) is 12.1 Å². The van der Waals surface area contributed by atoms with Crippen molar-refractivity contribution >= 4 is 17.1 Å². The Hall–Kier alpha value is -2.19. The zero-order valence-corrected chi connectivity index (χ0v) is 15.3. The summed E-state index contributed by atoms with van der Waals surface area (Å²) < 4.78 is 4.85. The monoisotopic (exact) mass is 359 g/mol. The van der Waals surface area contributed by atoms with Crippen LogP contribution < -0.4 is 0 Å². The zero-order chi connectivity index (χ0) is 18.3. The van der Waals surface area contributed by atoms with Gasteiger partial charge in [-0.2, -0.15) is 0 Å². The van der Waals surface area contributed by atoms with Crippen LogP contribution in [0.25, 0.3) is 11.0 Å². The second-order valence-corrected chi connectivity index (χ2v) is 7.71. The summed E-state index contributed by atoms with van der Waals surface area (Å²) in [6, 6.07) is 5.90. The van der Waals surface area contributed by atoms with E-state index in [0.29, 0.717) is 19.5 Å². The number of likely N-dealkylation sites (tertiary alicyclic amines) is 2. The number of nitrogens with zero attached hydrogens (tertiary/aromatic N) is 5. The van der Waals surface area contributed by atoms with Crippen LogP contribution in [0.3, 0.4) is 0 Å². The Morgan fingerprint density at radius 3 is 2.92 bits per heavy atom. The number of piperidine rings is 2. The number of amides is 2. The number of carbonyl (C=O) groups excluding carboxylic acids is 1. The molecule has 1 aromatic heterocycles. The molecular weight excluding hydrogens is 334 g/mol. The van der Waals surface area contributed by atoms with Crippen LogP contribution >= 0.6 is 0 Å². The zero-order valence-electron chi connectivity index (χ0n) is 15.3. The van der Waals surface area contributed by atoms with E-state index in [1.165, 1.54) is 0 Å². The van der Waals surface area contributed by atoms with E-state index in [4.69, 9.17) is 4.63 Å². The first kappa shape index (κ1) is 17.2. The van der Waals surface area contributed by atoms with Crippen molar-refractivity contribution in [2.24, 2.45) is 5.92 Å². The van der Waals surface area contributed by atoms with Crippen molar-refractivity contribution < 1.29 is 14.5 Å². The summed E-state index contributed by atoms with van der Waals surface area (Å²) in [6.45, 7) is 3.54. The van der Waals surface area contributed by atoms with Gasteiger partial charge in [0.2, 0.25) is 0 Å². The molecule has 0 radical (unpaired) electrons. The fourth-order valence-electron chi connectivity index (χ4n) is 4.20. The molecule has 1 N–H and O–H groups in total. The smallest absolute Gasteiger partial charge is 0.319 e. The van der Waals surface area contributed by atoms with Gasteiger partial charge in [0.1, 0.15) is 11.0 Å². The van der Waals surface area contributed by atoms with Gasteiger partial charge >= 0.3 is 6.03 Å². The van der Waals surface area contributed by atoms with Crippen molar-refractivity contribution in [3.8, 4) is 0 Å². The maximum Gasteiger partial charge on any atom is 0.319 e. The molecule has 0 saturated carbocycles. The highest BCUT2D eigenvalue weighted by molar-refractivity contribution is 5.76. The molecule has 26 heavy (non-hydrogen) atoms. The summed E-state index contributed by atoms with van der Waals surface area (Å²) in [5.74, 6) is 0.0588. The topological polar surface area (TPSA) is 85.9 Å². The first-order valence-electron chi connectivity index (χ1n) is 9.07. The predicted octanol–water partition coefficient (Wildman–Crippen LogP) is 1.16. The number of rotatable bonds is 2. The molecule has 0 spiro atoms. The van der Waals surface area contributed by atoms with E-state index in [1.807, 2.05) is 23.1 Å². The van der Waals surface area contributed by atoms with E-state index in [0.717, 1.165) is 42.7 Å². The average Bonchev–Trinajstić information content (AvgIpc) is 3.10. The van der Waals surface area contributed by atoms with Crippen molar-refractivity contribution in [2.45, 2.75) is 25.0 Å². The number of hydrogen-bond donors (Lipinski definition) is 1. The lowest BCUT2D eigenvalue weighted by Gasteiger charge is -2.50. The molecule has 3 heterocycles. The number of aliphatic hydroxyl groups is 1. The van der Waals surface area contributed by atoms with Gasteiger partial charge in [-0.15, -0.1) is 0 Å². The first-order valence-corrected chi connectivity index (χ1v) is 9.07. The van der Waals surface area contributed by atoms with Crippen LogP contribution in [0.4, 0.5) is 4.79 Å². The Kier molecular flexibility index (Phi) is 4.32. The Morgan fingerprint density at radius 2 is 2.12 bits per heavy atom. The summed E-state index contributed by atoms with van der Waals surface area (Å²) >= 11 is 0. The highest BCUT2D eigenvalue weighted by Crippen LogP contribution is 2.36. The average molecular weight is 359 g/mol. The molecule has 0 bridgehead atoms. The third kappa shape index (κ3) is 3.03. The summed E-state index contributed by atoms with van der Waals surface area (Å²) in [5.41, 5.74) is 1.96. The fraction of sp³-hybridized carbons (Fsp3) is 0.611. The molecular formula is C18H25N5O3. The van der Waals surface area contributed by atoms with Crippen molar-refractivity contribution in [3.05, 3.63) is 23.8 Å². The molecule has 4 rings (SSSR count). The number of aromatic nitrogens is 2. The number of benzene rings is 1. The van der Waals surface area contributed by atoms with E-state index in [2.05, 4.69) is 15.2 Å². The van der Waals surface area contributed by atoms with E-state index < -0.39 is 5.60 Å². The standard InChI is InChI=1S/C18H25N5O3/c1-21(2)17(24)23-9-7-18(25)6-8-22(11-14(18)12-23)10-13-4-3-5-15-16(13)20-26-19-15/h3-5,14,25H,6-12H2,1-2H3/t14-,18-/m0/s1. The molecule has 2 aliphatic heterocycles. The Balaban J connectivity index is 1.48. The summed E-state index contributed by atoms with van der Waals surface area (Å²) in [5, 5.41) is 19.0. The minimum Gasteiger partial charge on any atom is -0.389 e.